The molecule has 1 aromatic rings. The molecular formula is C8H15N3O2S2. The molecule has 5 nitrogen and oxygen atoms in total. The number of hydrogen-bond acceptors (Lipinski definition) is 5. The second kappa shape index (κ2) is 5.55. The van der Waals surface area contributed by atoms with Crippen LogP contribution in [0, 0.1) is 0 Å². The molecule has 0 saturated heterocycles. The fraction of sp³-hybridized carbons (Fsp3) is 0.625. The van der Waals surface area contributed by atoms with Crippen LogP contribution in [0.4, 0.5) is 0 Å². The third kappa shape index (κ3) is 3.86. The standard InChI is InChI=1S/C8H15N3O2S2/c1-2-7(8-10-4-5-14-8)11-15(12,13)6-3-9/h4-5,7,11H,2-3,6,9H2,1H3. The number of nitrogens with one attached hydrogen (secondary N) is 1. The van der Waals surface area contributed by atoms with E-state index in [9.17, 15) is 8.42 Å². The second-order valence-electron chi connectivity index (χ2n) is 3.06. The average molecular weight is 249 g/mol. The number of rotatable bonds is 6. The predicted molar refractivity (Wildman–Crippen MR) is 61.1 cm³/mol. The van der Waals surface area contributed by atoms with Gasteiger partial charge < -0.3 is 5.73 Å². The summed E-state index contributed by atoms with van der Waals surface area (Å²) in [6.45, 7) is 2.04. The van der Waals surface area contributed by atoms with Gasteiger partial charge in [0, 0.05) is 18.1 Å². The first kappa shape index (κ1) is 12.6. The average Bonchev–Trinajstić information content (AvgIpc) is 2.67. The molecule has 0 aromatic carbocycles. The lowest BCUT2D eigenvalue weighted by Gasteiger charge is -2.13. The molecule has 7 heteroatoms. The molecule has 0 radical (unpaired) electrons. The quantitative estimate of drug-likeness (QED) is 0.767. The van der Waals surface area contributed by atoms with E-state index in [4.69, 9.17) is 5.73 Å². The van der Waals surface area contributed by atoms with Gasteiger partial charge in [-0.05, 0) is 6.42 Å². The minimum absolute atomic E-state index is 0.0468. The molecule has 3 N–H and O–H groups in total. The van der Waals surface area contributed by atoms with Crippen LogP contribution in [0.1, 0.15) is 24.4 Å². The fourth-order valence-electron chi connectivity index (χ4n) is 1.15. The lowest BCUT2D eigenvalue weighted by Crippen LogP contribution is -2.32. The maximum absolute atomic E-state index is 11.5. The molecule has 0 aliphatic carbocycles. The number of nitrogens with zero attached hydrogens (tertiary/aromatic N) is 1. The Bertz CT molecular complexity index is 375. The Morgan fingerprint density at radius 1 is 1.67 bits per heavy atom. The molecule has 0 spiro atoms. The van der Waals surface area contributed by atoms with E-state index in [-0.39, 0.29) is 18.3 Å². The van der Waals surface area contributed by atoms with Crippen molar-refractivity contribution in [2.24, 2.45) is 5.73 Å². The van der Waals surface area contributed by atoms with Crippen LogP contribution in [0.2, 0.25) is 0 Å². The van der Waals surface area contributed by atoms with E-state index in [1.807, 2.05) is 12.3 Å². The van der Waals surface area contributed by atoms with Gasteiger partial charge in [0.15, 0.2) is 0 Å². The van der Waals surface area contributed by atoms with Crippen LogP contribution in [0.15, 0.2) is 11.6 Å². The molecule has 0 aliphatic rings. The third-order valence-electron chi connectivity index (χ3n) is 1.87. The van der Waals surface area contributed by atoms with Gasteiger partial charge in [-0.3, -0.25) is 0 Å². The lowest BCUT2D eigenvalue weighted by molar-refractivity contribution is 0.549. The van der Waals surface area contributed by atoms with Crippen molar-refractivity contribution in [3.05, 3.63) is 16.6 Å². The number of nitrogens with two attached hydrogens (primary N) is 1. The van der Waals surface area contributed by atoms with Crippen molar-refractivity contribution >= 4 is 21.4 Å². The highest BCUT2D eigenvalue weighted by Crippen LogP contribution is 2.19. The van der Waals surface area contributed by atoms with E-state index in [0.29, 0.717) is 6.42 Å². The Kier molecular flexibility index (Phi) is 4.65. The minimum atomic E-state index is -3.28. The van der Waals surface area contributed by atoms with Crippen LogP contribution in [0.5, 0.6) is 0 Å². The number of aromatic nitrogens is 1. The third-order valence-corrected chi connectivity index (χ3v) is 4.17. The van der Waals surface area contributed by atoms with Crippen molar-refractivity contribution in [2.75, 3.05) is 12.3 Å². The van der Waals surface area contributed by atoms with Gasteiger partial charge in [-0.2, -0.15) is 0 Å². The number of thiazole rings is 1. The molecule has 0 bridgehead atoms. The van der Waals surface area contributed by atoms with Crippen LogP contribution < -0.4 is 10.5 Å². The van der Waals surface area contributed by atoms with Gasteiger partial charge in [0.25, 0.3) is 0 Å². The Morgan fingerprint density at radius 3 is 2.87 bits per heavy atom. The smallest absolute Gasteiger partial charge is 0.213 e. The molecule has 15 heavy (non-hydrogen) atoms. The van der Waals surface area contributed by atoms with Crippen LogP contribution in [0.25, 0.3) is 0 Å². The fourth-order valence-corrected chi connectivity index (χ4v) is 3.13. The van der Waals surface area contributed by atoms with Crippen LogP contribution in [-0.4, -0.2) is 25.7 Å². The van der Waals surface area contributed by atoms with E-state index in [0.717, 1.165) is 5.01 Å². The van der Waals surface area contributed by atoms with Crippen molar-refractivity contribution in [1.82, 2.24) is 9.71 Å². The Hall–Kier alpha value is -0.500. The maximum Gasteiger partial charge on any atom is 0.213 e. The zero-order valence-corrected chi connectivity index (χ0v) is 10.1. The summed E-state index contributed by atoms with van der Waals surface area (Å²) in [4.78, 5) is 4.09. The first-order valence-electron chi connectivity index (χ1n) is 4.68. The van der Waals surface area contributed by atoms with Gasteiger partial charge in [-0.25, -0.2) is 18.1 Å². The molecule has 1 unspecified atom stereocenters. The van der Waals surface area contributed by atoms with Crippen molar-refractivity contribution in [1.29, 1.82) is 0 Å². The highest BCUT2D eigenvalue weighted by atomic mass is 32.2. The predicted octanol–water partition coefficient (Wildman–Crippen LogP) is 0.472. The first-order valence-corrected chi connectivity index (χ1v) is 7.21. The highest BCUT2D eigenvalue weighted by Gasteiger charge is 2.18. The molecule has 1 heterocycles. The molecule has 0 saturated carbocycles. The first-order chi connectivity index (χ1) is 7.09. The summed E-state index contributed by atoms with van der Waals surface area (Å²) in [6, 6.07) is -0.235. The number of sulfonamides is 1. The van der Waals surface area contributed by atoms with E-state index in [1.165, 1.54) is 11.3 Å². The summed E-state index contributed by atoms with van der Waals surface area (Å²) in [6.07, 6.45) is 2.34. The van der Waals surface area contributed by atoms with Gasteiger partial charge in [0.2, 0.25) is 10.0 Å². The Labute approximate surface area is 93.8 Å². The topological polar surface area (TPSA) is 85.1 Å². The number of hydrogen-bond donors (Lipinski definition) is 2. The van der Waals surface area contributed by atoms with E-state index in [1.54, 1.807) is 6.20 Å². The van der Waals surface area contributed by atoms with Crippen molar-refractivity contribution in [3.63, 3.8) is 0 Å². The van der Waals surface area contributed by atoms with E-state index in [2.05, 4.69) is 9.71 Å². The second-order valence-corrected chi connectivity index (χ2v) is 5.86. The molecule has 0 fully saturated rings. The molecule has 1 atom stereocenters. The Balaban J connectivity index is 2.70. The van der Waals surface area contributed by atoms with Crippen molar-refractivity contribution in [3.8, 4) is 0 Å². The van der Waals surface area contributed by atoms with Gasteiger partial charge in [-0.1, -0.05) is 6.92 Å². The summed E-state index contributed by atoms with van der Waals surface area (Å²) in [5, 5.41) is 2.62. The van der Waals surface area contributed by atoms with Crippen LogP contribution >= 0.6 is 11.3 Å². The molecule has 86 valence electrons. The van der Waals surface area contributed by atoms with Gasteiger partial charge >= 0.3 is 0 Å². The zero-order chi connectivity index (χ0) is 11.3. The highest BCUT2D eigenvalue weighted by molar-refractivity contribution is 7.89. The van der Waals surface area contributed by atoms with Crippen LogP contribution in [-0.2, 0) is 10.0 Å². The van der Waals surface area contributed by atoms with Gasteiger partial charge in [0.1, 0.15) is 5.01 Å². The summed E-state index contributed by atoms with van der Waals surface area (Å²) < 4.78 is 25.5. The SMILES string of the molecule is CCC(NS(=O)(=O)CCN)c1nccs1. The summed E-state index contributed by atoms with van der Waals surface area (Å²) >= 11 is 1.45. The minimum Gasteiger partial charge on any atom is -0.329 e. The summed E-state index contributed by atoms with van der Waals surface area (Å²) in [5.41, 5.74) is 5.22. The lowest BCUT2D eigenvalue weighted by atomic mass is 10.3. The molecule has 0 aliphatic heterocycles. The maximum atomic E-state index is 11.5. The summed E-state index contributed by atoms with van der Waals surface area (Å²) in [7, 11) is -3.28. The summed E-state index contributed by atoms with van der Waals surface area (Å²) in [5.74, 6) is -0.0468. The van der Waals surface area contributed by atoms with E-state index < -0.39 is 10.0 Å². The molecule has 0 amide bonds. The molecule has 1 rings (SSSR count). The van der Waals surface area contributed by atoms with E-state index >= 15 is 0 Å². The van der Waals surface area contributed by atoms with Crippen LogP contribution in [0.3, 0.4) is 0 Å². The zero-order valence-electron chi connectivity index (χ0n) is 8.51. The molecular weight excluding hydrogens is 234 g/mol. The largest absolute Gasteiger partial charge is 0.329 e. The Morgan fingerprint density at radius 2 is 2.40 bits per heavy atom. The van der Waals surface area contributed by atoms with Crippen molar-refractivity contribution in [2.45, 2.75) is 19.4 Å². The van der Waals surface area contributed by atoms with Crippen molar-refractivity contribution < 1.29 is 8.42 Å². The van der Waals surface area contributed by atoms with Gasteiger partial charge in [-0.15, -0.1) is 11.3 Å². The molecule has 1 aromatic heterocycles. The van der Waals surface area contributed by atoms with Gasteiger partial charge in [0.05, 0.1) is 11.8 Å². The monoisotopic (exact) mass is 249 g/mol. The normalized spacial score (nSPS) is 14.0.